The van der Waals surface area contributed by atoms with Gasteiger partial charge in [-0.15, -0.1) is 0 Å². The lowest BCUT2D eigenvalue weighted by atomic mass is 10.2. The summed E-state index contributed by atoms with van der Waals surface area (Å²) in [6.07, 6.45) is 0. The van der Waals surface area contributed by atoms with Crippen molar-refractivity contribution in [3.8, 4) is 5.75 Å². The summed E-state index contributed by atoms with van der Waals surface area (Å²) < 4.78 is 24.7. The molecular formula is C14H9ClINO4S. The molecule has 0 bridgehead atoms. The molecule has 1 heterocycles. The second-order valence-electron chi connectivity index (χ2n) is 4.73. The molecule has 1 N–H and O–H groups in total. The van der Waals surface area contributed by atoms with E-state index >= 15 is 0 Å². The lowest BCUT2D eigenvalue weighted by Gasteiger charge is -2.16. The number of amides is 1. The molecule has 22 heavy (non-hydrogen) atoms. The zero-order valence-corrected chi connectivity index (χ0v) is 14.7. The van der Waals surface area contributed by atoms with E-state index in [1.54, 1.807) is 18.2 Å². The summed E-state index contributed by atoms with van der Waals surface area (Å²) in [6.45, 7) is 0. The largest absolute Gasteiger partial charge is 0.505 e. The van der Waals surface area contributed by atoms with Crippen molar-refractivity contribution in [2.45, 2.75) is 4.90 Å². The van der Waals surface area contributed by atoms with E-state index in [0.29, 0.717) is 9.26 Å². The van der Waals surface area contributed by atoms with Crippen LogP contribution in [0.5, 0.6) is 5.75 Å². The number of aromatic hydroxyl groups is 1. The lowest BCUT2D eigenvalue weighted by molar-refractivity contribution is 0.0991. The molecule has 2 aromatic carbocycles. The zero-order chi connectivity index (χ0) is 16.1. The lowest BCUT2D eigenvalue weighted by Crippen LogP contribution is -2.30. The van der Waals surface area contributed by atoms with Crippen LogP contribution in [-0.4, -0.2) is 25.3 Å². The molecule has 0 aliphatic carbocycles. The van der Waals surface area contributed by atoms with Crippen molar-refractivity contribution in [2.75, 3.05) is 10.8 Å². The van der Waals surface area contributed by atoms with E-state index in [1.165, 1.54) is 23.1 Å². The van der Waals surface area contributed by atoms with Gasteiger partial charge in [-0.3, -0.25) is 9.69 Å². The first kappa shape index (κ1) is 15.6. The van der Waals surface area contributed by atoms with Gasteiger partial charge in [-0.25, -0.2) is 8.42 Å². The number of sulfone groups is 1. The quantitative estimate of drug-likeness (QED) is 0.679. The molecule has 2 aromatic rings. The van der Waals surface area contributed by atoms with Crippen molar-refractivity contribution in [3.05, 3.63) is 50.6 Å². The number of hydrogen-bond acceptors (Lipinski definition) is 4. The molecule has 1 aliphatic heterocycles. The van der Waals surface area contributed by atoms with E-state index in [9.17, 15) is 18.3 Å². The highest BCUT2D eigenvalue weighted by Gasteiger charge is 2.36. The summed E-state index contributed by atoms with van der Waals surface area (Å²) in [5, 5.41) is 9.71. The van der Waals surface area contributed by atoms with Crippen molar-refractivity contribution in [3.63, 3.8) is 0 Å². The van der Waals surface area contributed by atoms with Gasteiger partial charge in [0.15, 0.2) is 9.84 Å². The van der Waals surface area contributed by atoms with Crippen LogP contribution in [0.1, 0.15) is 10.4 Å². The molecule has 1 amide bonds. The number of carbonyl (C=O) groups excluding carboxylic acids is 1. The van der Waals surface area contributed by atoms with E-state index in [1.807, 2.05) is 22.6 Å². The number of benzene rings is 2. The van der Waals surface area contributed by atoms with Crippen LogP contribution in [0.25, 0.3) is 0 Å². The average Bonchev–Trinajstić information content (AvgIpc) is 2.76. The normalized spacial score (nSPS) is 15.6. The van der Waals surface area contributed by atoms with Crippen molar-refractivity contribution >= 4 is 55.6 Å². The van der Waals surface area contributed by atoms with Gasteiger partial charge in [-0.1, -0.05) is 23.7 Å². The molecule has 114 valence electrons. The highest BCUT2D eigenvalue weighted by atomic mass is 127. The maximum atomic E-state index is 12.6. The van der Waals surface area contributed by atoms with E-state index < -0.39 is 21.6 Å². The molecule has 0 fully saturated rings. The van der Waals surface area contributed by atoms with Crippen molar-refractivity contribution in [1.29, 1.82) is 0 Å². The Morgan fingerprint density at radius 3 is 2.64 bits per heavy atom. The molecule has 0 atom stereocenters. The number of nitrogens with zero attached hydrogens (tertiary/aromatic N) is 1. The number of carbonyl (C=O) groups is 1. The molecule has 5 nitrogen and oxygen atoms in total. The number of hydrogen-bond donors (Lipinski definition) is 1. The topological polar surface area (TPSA) is 74.7 Å². The van der Waals surface area contributed by atoms with Gasteiger partial charge in [-0.05, 0) is 46.9 Å². The third kappa shape index (κ3) is 2.46. The number of para-hydroxylation sites is 1. The van der Waals surface area contributed by atoms with E-state index in [-0.39, 0.29) is 21.2 Å². The van der Waals surface area contributed by atoms with Gasteiger partial charge in [0.1, 0.15) is 11.6 Å². The highest BCUT2D eigenvalue weighted by Crippen LogP contribution is 2.36. The van der Waals surface area contributed by atoms with Crippen LogP contribution in [0.15, 0.2) is 41.3 Å². The Bertz CT molecular complexity index is 874. The number of rotatable bonds is 1. The standard InChI is InChI=1S/C14H9ClINO4S/c15-9-5-8(6-10(16)13(9)18)14(19)17-7-22(20,21)12-4-2-1-3-11(12)17/h1-6,18H,7H2. The Morgan fingerprint density at radius 1 is 1.27 bits per heavy atom. The summed E-state index contributed by atoms with van der Waals surface area (Å²) in [6, 6.07) is 9.15. The zero-order valence-electron chi connectivity index (χ0n) is 11.0. The molecule has 0 radical (unpaired) electrons. The molecule has 3 rings (SSSR count). The fourth-order valence-electron chi connectivity index (χ4n) is 2.27. The third-order valence-corrected chi connectivity index (χ3v) is 6.02. The predicted octanol–water partition coefficient (Wildman–Crippen LogP) is 3.04. The van der Waals surface area contributed by atoms with Crippen molar-refractivity contribution < 1.29 is 18.3 Å². The van der Waals surface area contributed by atoms with Crippen LogP contribution in [0.4, 0.5) is 5.69 Å². The van der Waals surface area contributed by atoms with Crippen LogP contribution < -0.4 is 4.90 Å². The first-order valence-corrected chi connectivity index (χ1v) is 9.24. The maximum Gasteiger partial charge on any atom is 0.259 e. The van der Waals surface area contributed by atoms with Crippen LogP contribution in [0.2, 0.25) is 5.02 Å². The fraction of sp³-hybridized carbons (Fsp3) is 0.0714. The SMILES string of the molecule is O=C(c1cc(Cl)c(O)c(I)c1)N1CS(=O)(=O)c2ccccc21. The minimum absolute atomic E-state index is 0.0468. The second kappa shape index (κ2) is 5.39. The molecule has 0 unspecified atom stereocenters. The number of anilines is 1. The summed E-state index contributed by atoms with van der Waals surface area (Å²) in [5.41, 5.74) is 0.575. The summed E-state index contributed by atoms with van der Waals surface area (Å²) in [7, 11) is -3.52. The number of fused-ring (bicyclic) bond motifs is 1. The Hall–Kier alpha value is -1.32. The Morgan fingerprint density at radius 2 is 1.95 bits per heavy atom. The molecule has 0 saturated carbocycles. The van der Waals surface area contributed by atoms with Crippen LogP contribution >= 0.6 is 34.2 Å². The van der Waals surface area contributed by atoms with Crippen LogP contribution in [0.3, 0.4) is 0 Å². The van der Waals surface area contributed by atoms with E-state index in [2.05, 4.69) is 0 Å². The van der Waals surface area contributed by atoms with Gasteiger partial charge < -0.3 is 5.11 Å². The van der Waals surface area contributed by atoms with Crippen LogP contribution in [-0.2, 0) is 9.84 Å². The predicted molar refractivity (Wildman–Crippen MR) is 91.1 cm³/mol. The Labute approximate surface area is 145 Å². The molecule has 1 aliphatic rings. The molecular weight excluding hydrogens is 441 g/mol. The van der Waals surface area contributed by atoms with Gasteiger partial charge in [0.25, 0.3) is 5.91 Å². The molecule has 0 aromatic heterocycles. The van der Waals surface area contributed by atoms with Gasteiger partial charge in [-0.2, -0.15) is 0 Å². The maximum absolute atomic E-state index is 12.6. The first-order chi connectivity index (χ1) is 10.3. The summed E-state index contributed by atoms with van der Waals surface area (Å²) in [5.74, 6) is -0.984. The van der Waals surface area contributed by atoms with Gasteiger partial charge in [0.2, 0.25) is 0 Å². The smallest absolute Gasteiger partial charge is 0.259 e. The number of phenolic OH excluding ortho intramolecular Hbond substituents is 1. The van der Waals surface area contributed by atoms with Gasteiger partial charge in [0.05, 0.1) is 19.2 Å². The minimum atomic E-state index is -3.52. The fourth-order valence-corrected chi connectivity index (χ4v) is 4.79. The minimum Gasteiger partial charge on any atom is -0.505 e. The Balaban J connectivity index is 2.08. The second-order valence-corrected chi connectivity index (χ2v) is 8.23. The van der Waals surface area contributed by atoms with Crippen LogP contribution in [0, 0.1) is 3.57 Å². The molecule has 0 saturated heterocycles. The third-order valence-electron chi connectivity index (χ3n) is 3.30. The number of halogens is 2. The van der Waals surface area contributed by atoms with Gasteiger partial charge >= 0.3 is 0 Å². The Kier molecular flexibility index (Phi) is 3.82. The molecule has 8 heteroatoms. The monoisotopic (exact) mass is 449 g/mol. The van der Waals surface area contributed by atoms with E-state index in [0.717, 1.165) is 0 Å². The number of phenols is 1. The highest BCUT2D eigenvalue weighted by molar-refractivity contribution is 14.1. The molecule has 0 spiro atoms. The summed E-state index contributed by atoms with van der Waals surface area (Å²) in [4.78, 5) is 14.0. The average molecular weight is 450 g/mol. The van der Waals surface area contributed by atoms with Gasteiger partial charge in [0, 0.05) is 5.56 Å². The van der Waals surface area contributed by atoms with E-state index in [4.69, 9.17) is 11.6 Å². The van der Waals surface area contributed by atoms with Crippen molar-refractivity contribution in [1.82, 2.24) is 0 Å². The first-order valence-electron chi connectivity index (χ1n) is 6.13. The van der Waals surface area contributed by atoms with Crippen molar-refractivity contribution in [2.24, 2.45) is 0 Å². The summed E-state index contributed by atoms with van der Waals surface area (Å²) >= 11 is 7.74.